The van der Waals surface area contributed by atoms with Crippen molar-refractivity contribution in [2.75, 3.05) is 42.7 Å². The zero-order valence-electron chi connectivity index (χ0n) is 30.4. The molecule has 11 heteroatoms. The molecule has 0 unspecified atom stereocenters. The molecule has 0 atom stereocenters. The number of halogens is 2. The molecule has 0 aromatic heterocycles. The molecule has 6 rings (SSSR count). The number of ether oxygens (including phenoxy) is 6. The summed E-state index contributed by atoms with van der Waals surface area (Å²) < 4.78 is 37.8. The van der Waals surface area contributed by atoms with E-state index in [2.05, 4.69) is 36.4 Å². The second kappa shape index (κ2) is 16.7. The molecular weight excluding hydrogens is 840 g/mol. The number of methoxy groups -OCH3 is 6. The van der Waals surface area contributed by atoms with E-state index < -0.39 is 23.4 Å². The summed E-state index contributed by atoms with van der Waals surface area (Å²) in [7, 11) is 28.2. The molecule has 0 bridgehead atoms. The standard InChI is InChI=1S/2C21H21O3P.2ClH.Pd/c2*1-22-16-10-4-7-13-19(16)25(20-14-8-5-11-17(20)23-2)21-15-9-6-12-18(21)24-3;;;/h2*4-15H,1-3H3;2*1H;. The normalized spacial score (nSPS) is 12.7. The first-order valence-electron chi connectivity index (χ1n) is 16.7. The van der Waals surface area contributed by atoms with E-state index in [1.165, 1.54) is 0 Å². The van der Waals surface area contributed by atoms with Gasteiger partial charge in [-0.1, -0.05) is 0 Å². The molecule has 53 heavy (non-hydrogen) atoms. The summed E-state index contributed by atoms with van der Waals surface area (Å²) in [5.74, 6) is 3.92. The zero-order valence-corrected chi connectivity index (χ0v) is 35.4. The third-order valence-corrected chi connectivity index (χ3v) is 54.8. The summed E-state index contributed by atoms with van der Waals surface area (Å²) in [6.45, 7) is 0. The Hall–Kier alpha value is -3.78. The molecule has 0 heterocycles. The van der Waals surface area contributed by atoms with Gasteiger partial charge in [0.15, 0.2) is 0 Å². The SMILES string of the molecule is COc1ccccc1[PH](c1ccccc1OC)(c1ccccc1OC)[Pd]([Cl])([Cl])[PH](c1ccccc1OC)(c1ccccc1OC)c1ccccc1OC. The summed E-state index contributed by atoms with van der Waals surface area (Å²) in [4.78, 5) is 0. The van der Waals surface area contributed by atoms with Crippen molar-refractivity contribution >= 4 is 61.8 Å². The van der Waals surface area contributed by atoms with E-state index >= 15 is 0 Å². The van der Waals surface area contributed by atoms with Crippen LogP contribution in [0.15, 0.2) is 146 Å². The van der Waals surface area contributed by atoms with Gasteiger partial charge < -0.3 is 0 Å². The van der Waals surface area contributed by atoms with Crippen LogP contribution in [-0.2, 0) is 12.5 Å². The van der Waals surface area contributed by atoms with Gasteiger partial charge in [-0.25, -0.2) is 0 Å². The van der Waals surface area contributed by atoms with Gasteiger partial charge in [0.1, 0.15) is 0 Å². The second-order valence-corrected chi connectivity index (χ2v) is 43.4. The fourth-order valence-corrected chi connectivity index (χ4v) is 62.5. The Balaban J connectivity index is 2.04. The zero-order chi connectivity index (χ0) is 37.6. The summed E-state index contributed by atoms with van der Waals surface area (Å²) in [6.07, 6.45) is 0. The molecule has 0 saturated carbocycles. The van der Waals surface area contributed by atoms with Crippen molar-refractivity contribution in [2.45, 2.75) is 0 Å². The predicted molar refractivity (Wildman–Crippen MR) is 224 cm³/mol. The van der Waals surface area contributed by atoms with Crippen molar-refractivity contribution in [3.8, 4) is 34.5 Å². The van der Waals surface area contributed by atoms with Gasteiger partial charge in [0, 0.05) is 0 Å². The average molecular weight is 884 g/mol. The number of benzene rings is 6. The van der Waals surface area contributed by atoms with Crippen LogP contribution in [0.25, 0.3) is 0 Å². The van der Waals surface area contributed by atoms with Crippen molar-refractivity contribution < 1.29 is 40.9 Å². The Morgan fingerprint density at radius 2 is 0.453 bits per heavy atom. The van der Waals surface area contributed by atoms with E-state index in [9.17, 15) is 0 Å². The summed E-state index contributed by atoms with van der Waals surface area (Å²) >= 11 is -4.45. The fraction of sp³-hybridized carbons (Fsp3) is 0.143. The van der Waals surface area contributed by atoms with Crippen LogP contribution in [0.2, 0.25) is 0 Å². The topological polar surface area (TPSA) is 55.4 Å². The maximum atomic E-state index is 9.07. The van der Waals surface area contributed by atoms with E-state index in [-0.39, 0.29) is 0 Å². The first-order chi connectivity index (χ1) is 25.8. The Morgan fingerprint density at radius 3 is 0.604 bits per heavy atom. The molecule has 0 amide bonds. The Labute approximate surface area is 323 Å². The van der Waals surface area contributed by atoms with Crippen LogP contribution < -0.4 is 60.2 Å². The Kier molecular flexibility index (Phi) is 12.3. The maximum absolute atomic E-state index is 9.07. The van der Waals surface area contributed by atoms with Crippen LogP contribution in [0.1, 0.15) is 0 Å². The third-order valence-electron chi connectivity index (χ3n) is 9.36. The minimum absolute atomic E-state index is 0.653. The number of rotatable bonds is 14. The van der Waals surface area contributed by atoms with E-state index in [0.29, 0.717) is 34.5 Å². The predicted octanol–water partition coefficient (Wildman–Crippen LogP) is 7.78. The van der Waals surface area contributed by atoms with Crippen molar-refractivity contribution in [1.82, 2.24) is 0 Å². The number of hydrogen-bond donors (Lipinski definition) is 0. The van der Waals surface area contributed by atoms with Crippen molar-refractivity contribution in [1.29, 1.82) is 0 Å². The van der Waals surface area contributed by atoms with Gasteiger partial charge in [-0.2, -0.15) is 0 Å². The third kappa shape index (κ3) is 6.27. The van der Waals surface area contributed by atoms with E-state index in [1.54, 1.807) is 42.7 Å². The molecule has 0 N–H and O–H groups in total. The Bertz CT molecular complexity index is 1820. The van der Waals surface area contributed by atoms with Gasteiger partial charge in [-0.05, 0) is 0 Å². The molecule has 0 spiro atoms. The van der Waals surface area contributed by atoms with Crippen LogP contribution in [-0.4, -0.2) is 42.7 Å². The van der Waals surface area contributed by atoms with Crippen molar-refractivity contribution in [2.24, 2.45) is 0 Å². The molecule has 0 aliphatic heterocycles. The molecule has 6 aromatic rings. The summed E-state index contributed by atoms with van der Waals surface area (Å²) in [5, 5.41) is 5.31. The van der Waals surface area contributed by atoms with Crippen LogP contribution in [0.3, 0.4) is 0 Å². The molecule has 0 aliphatic carbocycles. The van der Waals surface area contributed by atoms with Gasteiger partial charge in [0.2, 0.25) is 0 Å². The van der Waals surface area contributed by atoms with Gasteiger partial charge in [-0.3, -0.25) is 0 Å². The first kappa shape index (κ1) is 38.9. The van der Waals surface area contributed by atoms with Crippen LogP contribution in [0.5, 0.6) is 34.5 Å². The molecular formula is C42H44Cl2O6P2Pd. The van der Waals surface area contributed by atoms with Gasteiger partial charge in [0.05, 0.1) is 0 Å². The number of hydrogen-bond acceptors (Lipinski definition) is 6. The number of para-hydroxylation sites is 6. The van der Waals surface area contributed by atoms with Gasteiger partial charge in [0.25, 0.3) is 0 Å². The van der Waals surface area contributed by atoms with Crippen LogP contribution >= 0.6 is 30.0 Å². The van der Waals surface area contributed by atoms with E-state index in [1.807, 2.05) is 109 Å². The molecule has 0 fully saturated rings. The molecule has 6 aromatic carbocycles. The summed E-state index contributed by atoms with van der Waals surface area (Å²) in [6, 6.07) is 48.3. The van der Waals surface area contributed by atoms with Crippen molar-refractivity contribution in [3.05, 3.63) is 146 Å². The molecule has 0 aliphatic rings. The van der Waals surface area contributed by atoms with Crippen LogP contribution in [0.4, 0.5) is 0 Å². The minimum atomic E-state index is -4.45. The van der Waals surface area contributed by atoms with Crippen molar-refractivity contribution in [3.63, 3.8) is 0 Å². The fourth-order valence-electron chi connectivity index (χ4n) is 7.19. The molecule has 6 nitrogen and oxygen atoms in total. The van der Waals surface area contributed by atoms with Crippen LogP contribution in [0, 0.1) is 0 Å². The van der Waals surface area contributed by atoms with E-state index in [0.717, 1.165) is 31.8 Å². The van der Waals surface area contributed by atoms with Gasteiger partial charge in [-0.15, -0.1) is 0 Å². The first-order valence-corrected chi connectivity index (χ1v) is 29.0. The molecule has 0 radical (unpaired) electrons. The molecule has 0 saturated heterocycles. The second-order valence-electron chi connectivity index (χ2n) is 11.8. The Morgan fingerprint density at radius 1 is 0.302 bits per heavy atom. The summed E-state index contributed by atoms with van der Waals surface area (Å²) in [5.41, 5.74) is -7.88. The van der Waals surface area contributed by atoms with E-state index in [4.69, 9.17) is 47.5 Å². The van der Waals surface area contributed by atoms with Gasteiger partial charge >= 0.3 is 325 Å². The quantitative estimate of drug-likeness (QED) is 0.0824. The monoisotopic (exact) mass is 882 g/mol. The average Bonchev–Trinajstić information content (AvgIpc) is 3.22. The molecule has 282 valence electrons.